The van der Waals surface area contributed by atoms with E-state index in [1.54, 1.807) is 19.2 Å². The third-order valence-electron chi connectivity index (χ3n) is 3.05. The molecule has 1 aromatic carbocycles. The number of methoxy groups -OCH3 is 2. The van der Waals surface area contributed by atoms with Crippen LogP contribution >= 0.6 is 11.6 Å². The first kappa shape index (κ1) is 13.5. The van der Waals surface area contributed by atoms with Crippen molar-refractivity contribution in [3.63, 3.8) is 0 Å². The van der Waals surface area contributed by atoms with E-state index in [9.17, 15) is 5.11 Å². The number of aliphatic hydroxyl groups excluding tert-OH is 1. The van der Waals surface area contributed by atoms with Crippen molar-refractivity contribution < 1.29 is 14.6 Å². The molecule has 1 saturated carbocycles. The highest BCUT2D eigenvalue weighted by atomic mass is 35.5. The predicted octanol–water partition coefficient (Wildman–Crippen LogP) is 2.14. The molecule has 2 N–H and O–H groups in total. The zero-order chi connectivity index (χ0) is 13.1. The van der Waals surface area contributed by atoms with Crippen molar-refractivity contribution in [2.24, 2.45) is 0 Å². The van der Waals surface area contributed by atoms with E-state index in [-0.39, 0.29) is 0 Å². The third kappa shape index (κ3) is 2.88. The van der Waals surface area contributed by atoms with E-state index in [2.05, 4.69) is 5.32 Å². The monoisotopic (exact) mass is 271 g/mol. The number of benzene rings is 1. The molecule has 0 saturated heterocycles. The summed E-state index contributed by atoms with van der Waals surface area (Å²) in [6.07, 6.45) is 1.73. The summed E-state index contributed by atoms with van der Waals surface area (Å²) < 4.78 is 10.4. The zero-order valence-corrected chi connectivity index (χ0v) is 11.3. The number of rotatable bonds is 6. The SMILES string of the molecule is COc1ccc(C(O)CNC2CC2)c(Cl)c1OC. The van der Waals surface area contributed by atoms with Crippen molar-refractivity contribution in [1.82, 2.24) is 5.32 Å². The molecule has 1 aliphatic carbocycles. The van der Waals surface area contributed by atoms with Crippen LogP contribution in [0.15, 0.2) is 12.1 Å². The fourth-order valence-electron chi connectivity index (χ4n) is 1.84. The van der Waals surface area contributed by atoms with E-state index < -0.39 is 6.10 Å². The number of nitrogens with one attached hydrogen (secondary N) is 1. The van der Waals surface area contributed by atoms with Gasteiger partial charge in [0.05, 0.1) is 25.3 Å². The van der Waals surface area contributed by atoms with Crippen molar-refractivity contribution in [2.75, 3.05) is 20.8 Å². The van der Waals surface area contributed by atoms with E-state index in [0.717, 1.165) is 0 Å². The molecule has 1 aromatic rings. The van der Waals surface area contributed by atoms with Gasteiger partial charge in [0.15, 0.2) is 11.5 Å². The van der Waals surface area contributed by atoms with Gasteiger partial charge in [0.1, 0.15) is 0 Å². The number of aliphatic hydroxyl groups is 1. The van der Waals surface area contributed by atoms with Crippen LogP contribution < -0.4 is 14.8 Å². The van der Waals surface area contributed by atoms with Crippen molar-refractivity contribution in [2.45, 2.75) is 25.0 Å². The van der Waals surface area contributed by atoms with Crippen LogP contribution in [0, 0.1) is 0 Å². The standard InChI is InChI=1S/C13H18ClNO3/c1-17-11-6-5-9(12(14)13(11)18-2)10(16)7-15-8-3-4-8/h5-6,8,10,15-16H,3-4,7H2,1-2H3. The predicted molar refractivity (Wildman–Crippen MR) is 70.5 cm³/mol. The second kappa shape index (κ2) is 5.78. The van der Waals surface area contributed by atoms with Gasteiger partial charge in [-0.2, -0.15) is 0 Å². The molecule has 1 fully saturated rings. The van der Waals surface area contributed by atoms with Crippen molar-refractivity contribution in [3.05, 3.63) is 22.7 Å². The molecule has 18 heavy (non-hydrogen) atoms. The second-order valence-electron chi connectivity index (χ2n) is 4.40. The largest absolute Gasteiger partial charge is 0.493 e. The number of ether oxygens (including phenoxy) is 2. The first-order valence-corrected chi connectivity index (χ1v) is 6.37. The Labute approximate surface area is 112 Å². The van der Waals surface area contributed by atoms with Crippen molar-refractivity contribution in [3.8, 4) is 11.5 Å². The lowest BCUT2D eigenvalue weighted by molar-refractivity contribution is 0.174. The minimum Gasteiger partial charge on any atom is -0.493 e. The average Bonchev–Trinajstić information content (AvgIpc) is 3.19. The fraction of sp³-hybridized carbons (Fsp3) is 0.538. The van der Waals surface area contributed by atoms with Gasteiger partial charge in [0.25, 0.3) is 0 Å². The lowest BCUT2D eigenvalue weighted by Gasteiger charge is -2.17. The fourth-order valence-corrected chi connectivity index (χ4v) is 2.20. The third-order valence-corrected chi connectivity index (χ3v) is 3.44. The van der Waals surface area contributed by atoms with Gasteiger partial charge in [-0.15, -0.1) is 0 Å². The number of hydrogen-bond donors (Lipinski definition) is 2. The molecule has 0 amide bonds. The zero-order valence-electron chi connectivity index (χ0n) is 10.6. The summed E-state index contributed by atoms with van der Waals surface area (Å²) in [6, 6.07) is 4.07. The van der Waals surface area contributed by atoms with Crippen LogP contribution in [-0.4, -0.2) is 31.9 Å². The highest BCUT2D eigenvalue weighted by molar-refractivity contribution is 6.33. The lowest BCUT2D eigenvalue weighted by atomic mass is 10.1. The Balaban J connectivity index is 2.15. The smallest absolute Gasteiger partial charge is 0.179 e. The first-order chi connectivity index (χ1) is 8.67. The van der Waals surface area contributed by atoms with Crippen LogP contribution in [0.4, 0.5) is 0 Å². The van der Waals surface area contributed by atoms with Gasteiger partial charge in [-0.05, 0) is 18.9 Å². The Morgan fingerprint density at radius 2 is 2.11 bits per heavy atom. The van der Waals surface area contributed by atoms with E-state index in [0.29, 0.717) is 34.7 Å². The van der Waals surface area contributed by atoms with Gasteiger partial charge in [0.2, 0.25) is 0 Å². The summed E-state index contributed by atoms with van der Waals surface area (Å²) in [5.41, 5.74) is 0.655. The molecule has 100 valence electrons. The number of halogens is 1. The summed E-state index contributed by atoms with van der Waals surface area (Å²) in [5, 5.41) is 13.8. The summed E-state index contributed by atoms with van der Waals surface area (Å²) in [7, 11) is 3.08. The Kier molecular flexibility index (Phi) is 4.32. The molecule has 0 radical (unpaired) electrons. The van der Waals surface area contributed by atoms with Gasteiger partial charge in [-0.25, -0.2) is 0 Å². The summed E-state index contributed by atoms with van der Waals surface area (Å²) in [5.74, 6) is 1.02. The Morgan fingerprint density at radius 1 is 1.39 bits per heavy atom. The minimum atomic E-state index is -0.641. The van der Waals surface area contributed by atoms with Crippen LogP contribution in [0.5, 0.6) is 11.5 Å². The summed E-state index contributed by atoms with van der Waals surface area (Å²) in [4.78, 5) is 0. The van der Waals surface area contributed by atoms with E-state index >= 15 is 0 Å². The quantitative estimate of drug-likeness (QED) is 0.832. The van der Waals surface area contributed by atoms with Crippen LogP contribution in [0.1, 0.15) is 24.5 Å². The molecule has 0 bridgehead atoms. The van der Waals surface area contributed by atoms with Crippen molar-refractivity contribution in [1.29, 1.82) is 0 Å². The average molecular weight is 272 g/mol. The van der Waals surface area contributed by atoms with Gasteiger partial charge >= 0.3 is 0 Å². The van der Waals surface area contributed by atoms with Gasteiger partial charge in [-0.1, -0.05) is 17.7 Å². The highest BCUT2D eigenvalue weighted by Crippen LogP contribution is 2.39. The Bertz CT molecular complexity index is 421. The molecule has 2 rings (SSSR count). The normalized spacial score (nSPS) is 16.4. The van der Waals surface area contributed by atoms with Gasteiger partial charge in [0, 0.05) is 18.2 Å². The van der Waals surface area contributed by atoms with Crippen LogP contribution in [0.25, 0.3) is 0 Å². The van der Waals surface area contributed by atoms with E-state index in [1.165, 1.54) is 20.0 Å². The Morgan fingerprint density at radius 3 is 2.67 bits per heavy atom. The second-order valence-corrected chi connectivity index (χ2v) is 4.78. The van der Waals surface area contributed by atoms with E-state index in [4.69, 9.17) is 21.1 Å². The molecule has 1 aliphatic rings. The molecular formula is C13H18ClNO3. The first-order valence-electron chi connectivity index (χ1n) is 5.99. The maximum absolute atomic E-state index is 10.1. The Hall–Kier alpha value is -0.970. The van der Waals surface area contributed by atoms with Crippen LogP contribution in [-0.2, 0) is 0 Å². The van der Waals surface area contributed by atoms with E-state index in [1.807, 2.05) is 0 Å². The topological polar surface area (TPSA) is 50.7 Å². The molecule has 0 aliphatic heterocycles. The van der Waals surface area contributed by atoms with Crippen LogP contribution in [0.2, 0.25) is 5.02 Å². The van der Waals surface area contributed by atoms with Gasteiger partial charge in [-0.3, -0.25) is 0 Å². The summed E-state index contributed by atoms with van der Waals surface area (Å²) in [6.45, 7) is 0.500. The van der Waals surface area contributed by atoms with Crippen molar-refractivity contribution >= 4 is 11.6 Å². The van der Waals surface area contributed by atoms with Crippen LogP contribution in [0.3, 0.4) is 0 Å². The molecule has 1 unspecified atom stereocenters. The van der Waals surface area contributed by atoms with Gasteiger partial charge < -0.3 is 19.9 Å². The molecule has 5 heteroatoms. The number of hydrogen-bond acceptors (Lipinski definition) is 4. The summed E-state index contributed by atoms with van der Waals surface area (Å²) >= 11 is 6.23. The maximum atomic E-state index is 10.1. The highest BCUT2D eigenvalue weighted by Gasteiger charge is 2.23. The molecule has 0 heterocycles. The lowest BCUT2D eigenvalue weighted by Crippen LogP contribution is -2.23. The maximum Gasteiger partial charge on any atom is 0.179 e. The molecule has 0 aromatic heterocycles. The molecule has 1 atom stereocenters. The molecule has 0 spiro atoms. The minimum absolute atomic E-state index is 0.405. The molecule has 4 nitrogen and oxygen atoms in total. The molecular weight excluding hydrogens is 254 g/mol.